The van der Waals surface area contributed by atoms with Crippen molar-refractivity contribution < 1.29 is 5.11 Å². The molecule has 2 atom stereocenters. The Morgan fingerprint density at radius 1 is 1.54 bits per heavy atom. The Morgan fingerprint density at radius 2 is 2.15 bits per heavy atom. The quantitative estimate of drug-likeness (QED) is 0.656. The van der Waals surface area contributed by atoms with Crippen LogP contribution in [0.15, 0.2) is 0 Å². The molecule has 0 saturated heterocycles. The van der Waals surface area contributed by atoms with Gasteiger partial charge in [-0.1, -0.05) is 13.8 Å². The Labute approximate surface area is 80.8 Å². The number of hydrogen-bond donors (Lipinski definition) is 2. The highest BCUT2D eigenvalue weighted by Crippen LogP contribution is 2.07. The van der Waals surface area contributed by atoms with Gasteiger partial charge in [-0.2, -0.15) is 5.26 Å². The fraction of sp³-hybridized carbons (Fsp3) is 0.900. The van der Waals surface area contributed by atoms with Crippen molar-refractivity contribution in [1.29, 1.82) is 5.26 Å². The van der Waals surface area contributed by atoms with E-state index in [0.29, 0.717) is 13.0 Å². The monoisotopic (exact) mass is 184 g/mol. The highest BCUT2D eigenvalue weighted by Gasteiger charge is 2.18. The lowest BCUT2D eigenvalue weighted by Crippen LogP contribution is -2.41. The van der Waals surface area contributed by atoms with Gasteiger partial charge >= 0.3 is 0 Å². The summed E-state index contributed by atoms with van der Waals surface area (Å²) in [7, 11) is 0. The molecule has 13 heavy (non-hydrogen) atoms. The average molecular weight is 184 g/mol. The predicted molar refractivity (Wildman–Crippen MR) is 53.2 cm³/mol. The lowest BCUT2D eigenvalue weighted by molar-refractivity contribution is 0.0528. The number of aliphatic hydroxyl groups is 1. The van der Waals surface area contributed by atoms with Crippen molar-refractivity contribution in [2.45, 2.75) is 51.7 Å². The molecule has 3 nitrogen and oxygen atoms in total. The molecule has 2 unspecified atom stereocenters. The van der Waals surface area contributed by atoms with E-state index in [1.54, 1.807) is 6.92 Å². The van der Waals surface area contributed by atoms with Gasteiger partial charge in [-0.3, -0.25) is 0 Å². The van der Waals surface area contributed by atoms with Gasteiger partial charge < -0.3 is 10.4 Å². The van der Waals surface area contributed by atoms with Gasteiger partial charge in [0.15, 0.2) is 0 Å². The summed E-state index contributed by atoms with van der Waals surface area (Å²) >= 11 is 0. The molecule has 0 spiro atoms. The molecule has 0 rings (SSSR count). The van der Waals surface area contributed by atoms with Crippen LogP contribution >= 0.6 is 0 Å². The smallest absolute Gasteiger partial charge is 0.0741 e. The van der Waals surface area contributed by atoms with E-state index in [2.05, 4.69) is 11.4 Å². The van der Waals surface area contributed by atoms with Gasteiger partial charge in [0.1, 0.15) is 0 Å². The van der Waals surface area contributed by atoms with Crippen molar-refractivity contribution in [2.24, 2.45) is 0 Å². The van der Waals surface area contributed by atoms with Crippen LogP contribution in [0.1, 0.15) is 40.0 Å². The van der Waals surface area contributed by atoms with E-state index in [4.69, 9.17) is 5.26 Å². The topological polar surface area (TPSA) is 56.0 Å². The van der Waals surface area contributed by atoms with Crippen LogP contribution < -0.4 is 5.32 Å². The summed E-state index contributed by atoms with van der Waals surface area (Å²) in [6.07, 6.45) is 2.16. The lowest BCUT2D eigenvalue weighted by atomic mass is 10.0. The molecule has 0 aromatic rings. The summed E-state index contributed by atoms with van der Waals surface area (Å²) in [6.45, 7) is 6.35. The Bertz CT molecular complexity index is 172. The van der Waals surface area contributed by atoms with E-state index < -0.39 is 5.60 Å². The fourth-order valence-corrected chi connectivity index (χ4v) is 0.960. The second-order valence-corrected chi connectivity index (χ2v) is 3.70. The molecule has 0 heterocycles. The van der Waals surface area contributed by atoms with Gasteiger partial charge in [0.05, 0.1) is 18.1 Å². The minimum Gasteiger partial charge on any atom is -0.389 e. The van der Waals surface area contributed by atoms with Crippen LogP contribution in [0.3, 0.4) is 0 Å². The fourth-order valence-electron chi connectivity index (χ4n) is 0.960. The van der Waals surface area contributed by atoms with Crippen molar-refractivity contribution in [1.82, 2.24) is 5.32 Å². The molecule has 0 aliphatic rings. The molecule has 76 valence electrons. The van der Waals surface area contributed by atoms with Crippen molar-refractivity contribution in [2.75, 3.05) is 6.54 Å². The Balaban J connectivity index is 3.78. The molecule has 0 bridgehead atoms. The maximum absolute atomic E-state index is 9.69. The summed E-state index contributed by atoms with van der Waals surface area (Å²) in [5, 5.41) is 21.4. The SMILES string of the molecule is CCC(CC#N)NCC(C)(O)CC. The average Bonchev–Trinajstić information content (AvgIpc) is 2.12. The Kier molecular flexibility index (Phi) is 5.68. The summed E-state index contributed by atoms with van der Waals surface area (Å²) < 4.78 is 0. The molecule has 0 radical (unpaired) electrons. The van der Waals surface area contributed by atoms with Crippen LogP contribution in [-0.4, -0.2) is 23.3 Å². The van der Waals surface area contributed by atoms with Gasteiger partial charge in [0, 0.05) is 12.6 Å². The van der Waals surface area contributed by atoms with E-state index in [1.165, 1.54) is 0 Å². The van der Waals surface area contributed by atoms with Gasteiger partial charge in [-0.05, 0) is 19.8 Å². The van der Waals surface area contributed by atoms with Crippen molar-refractivity contribution in [3.8, 4) is 6.07 Å². The molecule has 0 saturated carbocycles. The zero-order chi connectivity index (χ0) is 10.3. The number of nitriles is 1. The summed E-state index contributed by atoms with van der Waals surface area (Å²) in [6, 6.07) is 2.34. The molecule has 0 amide bonds. The normalized spacial score (nSPS) is 17.5. The molecule has 3 heteroatoms. The van der Waals surface area contributed by atoms with E-state index in [1.807, 2.05) is 13.8 Å². The second kappa shape index (κ2) is 5.95. The van der Waals surface area contributed by atoms with Gasteiger partial charge in [0.2, 0.25) is 0 Å². The number of nitrogens with zero attached hydrogens (tertiary/aromatic N) is 1. The predicted octanol–water partition coefficient (Wildman–Crippen LogP) is 1.43. The first-order valence-corrected chi connectivity index (χ1v) is 4.88. The number of nitrogens with one attached hydrogen (secondary N) is 1. The van der Waals surface area contributed by atoms with Crippen molar-refractivity contribution in [3.63, 3.8) is 0 Å². The second-order valence-electron chi connectivity index (χ2n) is 3.70. The standard InChI is InChI=1S/C10H20N2O/c1-4-9(6-7-11)12-8-10(3,13)5-2/h9,12-13H,4-6,8H2,1-3H3. The van der Waals surface area contributed by atoms with E-state index in [-0.39, 0.29) is 6.04 Å². The molecule has 0 aromatic heterocycles. The molecule has 0 aliphatic carbocycles. The zero-order valence-electron chi connectivity index (χ0n) is 8.80. The Hall–Kier alpha value is -0.590. The first-order valence-electron chi connectivity index (χ1n) is 4.88. The zero-order valence-corrected chi connectivity index (χ0v) is 8.80. The molecule has 0 aliphatic heterocycles. The van der Waals surface area contributed by atoms with Crippen molar-refractivity contribution >= 4 is 0 Å². The molecule has 0 aromatic carbocycles. The van der Waals surface area contributed by atoms with Gasteiger partial charge in [-0.25, -0.2) is 0 Å². The molecular weight excluding hydrogens is 164 g/mol. The van der Waals surface area contributed by atoms with E-state index in [9.17, 15) is 5.11 Å². The van der Waals surface area contributed by atoms with Gasteiger partial charge in [-0.15, -0.1) is 0 Å². The van der Waals surface area contributed by atoms with Crippen LogP contribution in [-0.2, 0) is 0 Å². The third-order valence-electron chi connectivity index (χ3n) is 2.36. The third-order valence-corrected chi connectivity index (χ3v) is 2.36. The largest absolute Gasteiger partial charge is 0.389 e. The van der Waals surface area contributed by atoms with Crippen LogP contribution in [0.2, 0.25) is 0 Å². The minimum atomic E-state index is -0.650. The molecular formula is C10H20N2O. The number of rotatable bonds is 6. The van der Waals surface area contributed by atoms with Gasteiger partial charge in [0.25, 0.3) is 0 Å². The molecule has 0 fully saturated rings. The third kappa shape index (κ3) is 5.62. The maximum atomic E-state index is 9.69. The molecule has 2 N–H and O–H groups in total. The van der Waals surface area contributed by atoms with Crippen LogP contribution in [0.4, 0.5) is 0 Å². The maximum Gasteiger partial charge on any atom is 0.0741 e. The van der Waals surface area contributed by atoms with E-state index >= 15 is 0 Å². The van der Waals surface area contributed by atoms with Crippen LogP contribution in [0.25, 0.3) is 0 Å². The Morgan fingerprint density at radius 3 is 2.54 bits per heavy atom. The summed E-state index contributed by atoms with van der Waals surface area (Å²) in [5.41, 5.74) is -0.650. The number of hydrogen-bond acceptors (Lipinski definition) is 3. The summed E-state index contributed by atoms with van der Waals surface area (Å²) in [5.74, 6) is 0. The summed E-state index contributed by atoms with van der Waals surface area (Å²) in [4.78, 5) is 0. The highest BCUT2D eigenvalue weighted by atomic mass is 16.3. The minimum absolute atomic E-state index is 0.211. The van der Waals surface area contributed by atoms with E-state index in [0.717, 1.165) is 12.8 Å². The van der Waals surface area contributed by atoms with Crippen LogP contribution in [0, 0.1) is 11.3 Å². The first-order chi connectivity index (χ1) is 6.05. The highest BCUT2D eigenvalue weighted by molar-refractivity contribution is 4.82. The van der Waals surface area contributed by atoms with Crippen molar-refractivity contribution in [3.05, 3.63) is 0 Å². The van der Waals surface area contributed by atoms with Crippen LogP contribution in [0.5, 0.6) is 0 Å². The first kappa shape index (κ1) is 12.4. The lowest BCUT2D eigenvalue weighted by Gasteiger charge is -2.24.